The maximum atomic E-state index is 12.1. The van der Waals surface area contributed by atoms with Crippen molar-refractivity contribution in [2.45, 2.75) is 25.0 Å². The first-order valence-corrected chi connectivity index (χ1v) is 9.38. The van der Waals surface area contributed by atoms with E-state index in [9.17, 15) is 9.59 Å². The van der Waals surface area contributed by atoms with E-state index >= 15 is 0 Å². The topological polar surface area (TPSA) is 71.4 Å². The second-order valence-electron chi connectivity index (χ2n) is 5.24. The van der Waals surface area contributed by atoms with Gasteiger partial charge in [-0.3, -0.25) is 9.59 Å². The number of nitrogens with one attached hydrogen (secondary N) is 1. The quantitative estimate of drug-likeness (QED) is 0.859. The van der Waals surface area contributed by atoms with Gasteiger partial charge in [0.15, 0.2) is 0 Å². The number of para-hydroxylation sites is 1. The lowest BCUT2D eigenvalue weighted by atomic mass is 10.2. The molecule has 2 heterocycles. The first-order valence-electron chi connectivity index (χ1n) is 7.24. The highest BCUT2D eigenvalue weighted by Crippen LogP contribution is 2.29. The highest BCUT2D eigenvalue weighted by molar-refractivity contribution is 8.15. The molecule has 1 aliphatic rings. The van der Waals surface area contributed by atoms with Crippen LogP contribution in [-0.2, 0) is 16.0 Å². The molecule has 2 amide bonds. The third-order valence-corrected chi connectivity index (χ3v) is 5.73. The first-order chi connectivity index (χ1) is 11.5. The smallest absolute Gasteiger partial charge is 0.260 e. The number of thiazole rings is 1. The summed E-state index contributed by atoms with van der Waals surface area (Å²) in [6, 6.07) is 6.99. The monoisotopic (exact) mass is 379 g/mol. The molecule has 0 saturated carbocycles. The minimum Gasteiger partial charge on any atom is -0.325 e. The molecule has 0 spiro atoms. The van der Waals surface area contributed by atoms with E-state index in [1.165, 1.54) is 11.8 Å². The Labute approximate surface area is 152 Å². The largest absolute Gasteiger partial charge is 0.325 e. The van der Waals surface area contributed by atoms with Crippen molar-refractivity contribution >= 4 is 57.2 Å². The molecule has 0 bridgehead atoms. The molecule has 0 radical (unpaired) electrons. The molecule has 8 heteroatoms. The van der Waals surface area contributed by atoms with Gasteiger partial charge in [0.2, 0.25) is 5.91 Å². The van der Waals surface area contributed by atoms with Gasteiger partial charge in [-0.1, -0.05) is 35.5 Å². The van der Waals surface area contributed by atoms with Crippen molar-refractivity contribution < 1.29 is 9.59 Å². The number of aromatic nitrogens is 1. The Hall–Kier alpha value is -1.70. The molecule has 124 valence electrons. The van der Waals surface area contributed by atoms with Gasteiger partial charge in [-0.25, -0.2) is 9.98 Å². The first kappa shape index (κ1) is 17.1. The van der Waals surface area contributed by atoms with E-state index < -0.39 is 5.25 Å². The Balaban J connectivity index is 1.56. The predicted molar refractivity (Wildman–Crippen MR) is 99.1 cm³/mol. The van der Waals surface area contributed by atoms with Gasteiger partial charge in [-0.15, -0.1) is 11.3 Å². The van der Waals surface area contributed by atoms with E-state index in [-0.39, 0.29) is 18.2 Å². The van der Waals surface area contributed by atoms with Crippen LogP contribution in [0.1, 0.15) is 17.1 Å². The summed E-state index contributed by atoms with van der Waals surface area (Å²) in [5.74, 6) is -0.520. The van der Waals surface area contributed by atoms with Crippen molar-refractivity contribution in [2.75, 3.05) is 5.32 Å². The fourth-order valence-corrected chi connectivity index (χ4v) is 4.32. The molecule has 24 heavy (non-hydrogen) atoms. The number of aryl methyl sites for hydroxylation is 1. The average molecular weight is 380 g/mol. The van der Waals surface area contributed by atoms with Crippen LogP contribution in [0, 0.1) is 6.92 Å². The number of thioether (sulfide) groups is 1. The molecule has 0 aliphatic carbocycles. The van der Waals surface area contributed by atoms with Crippen LogP contribution >= 0.6 is 34.7 Å². The highest BCUT2D eigenvalue weighted by atomic mass is 35.5. The molecule has 1 aliphatic heterocycles. The molecular formula is C16H14ClN3O2S2. The Bertz CT molecular complexity index is 819. The maximum Gasteiger partial charge on any atom is 0.260 e. The Morgan fingerprint density at radius 3 is 2.88 bits per heavy atom. The summed E-state index contributed by atoms with van der Waals surface area (Å²) in [4.78, 5) is 32.6. The van der Waals surface area contributed by atoms with Crippen molar-refractivity contribution in [3.63, 3.8) is 0 Å². The van der Waals surface area contributed by atoms with Crippen LogP contribution in [0.4, 0.5) is 5.69 Å². The van der Waals surface area contributed by atoms with Crippen LogP contribution in [0.2, 0.25) is 5.02 Å². The van der Waals surface area contributed by atoms with E-state index in [2.05, 4.69) is 15.3 Å². The standard InChI is InChI=1S/C16H14ClN3O2S2/c1-9-8-23-14(18-9)7-15-20-16(22)12(24-15)6-13(21)19-11-5-3-2-4-10(11)17/h2-5,8,12H,6-7H2,1H3,(H,19,21)/t12-/m1/s1. The maximum absolute atomic E-state index is 12.1. The SMILES string of the molecule is Cc1csc(CC2=NC(=O)[C@@H](CC(=O)Nc3ccccc3Cl)S2)n1. The molecule has 2 aromatic rings. The number of hydrogen-bond acceptors (Lipinski definition) is 5. The minimum atomic E-state index is -0.483. The van der Waals surface area contributed by atoms with Crippen LogP contribution in [0.3, 0.4) is 0 Å². The van der Waals surface area contributed by atoms with Crippen LogP contribution in [0.25, 0.3) is 0 Å². The normalized spacial score (nSPS) is 17.0. The van der Waals surface area contributed by atoms with Crippen LogP contribution in [-0.4, -0.2) is 27.1 Å². The lowest BCUT2D eigenvalue weighted by Crippen LogP contribution is -2.21. The lowest BCUT2D eigenvalue weighted by Gasteiger charge is -2.09. The Kier molecular flexibility index (Phi) is 5.33. The number of amides is 2. The van der Waals surface area contributed by atoms with Gasteiger partial charge in [0.1, 0.15) is 5.25 Å². The van der Waals surface area contributed by atoms with Crippen molar-refractivity contribution in [1.82, 2.24) is 4.98 Å². The molecule has 1 aromatic heterocycles. The zero-order valence-corrected chi connectivity index (χ0v) is 15.2. The second-order valence-corrected chi connectivity index (χ2v) is 7.87. The van der Waals surface area contributed by atoms with Gasteiger partial charge >= 0.3 is 0 Å². The number of carbonyl (C=O) groups excluding carboxylic acids is 2. The van der Waals surface area contributed by atoms with Gasteiger partial charge in [-0.05, 0) is 19.1 Å². The van der Waals surface area contributed by atoms with E-state index in [1.807, 2.05) is 12.3 Å². The van der Waals surface area contributed by atoms with Crippen molar-refractivity contribution in [1.29, 1.82) is 0 Å². The van der Waals surface area contributed by atoms with Crippen molar-refractivity contribution in [2.24, 2.45) is 4.99 Å². The Morgan fingerprint density at radius 2 is 2.17 bits per heavy atom. The summed E-state index contributed by atoms with van der Waals surface area (Å²) in [7, 11) is 0. The number of nitrogens with zero attached hydrogens (tertiary/aromatic N) is 2. The summed E-state index contributed by atoms with van der Waals surface area (Å²) in [6.07, 6.45) is 0.607. The Morgan fingerprint density at radius 1 is 1.38 bits per heavy atom. The summed E-state index contributed by atoms with van der Waals surface area (Å²) < 4.78 is 0. The summed E-state index contributed by atoms with van der Waals surface area (Å²) >= 11 is 8.90. The van der Waals surface area contributed by atoms with E-state index in [0.29, 0.717) is 22.2 Å². The van der Waals surface area contributed by atoms with E-state index in [1.54, 1.807) is 35.6 Å². The molecule has 1 aromatic carbocycles. The van der Waals surface area contributed by atoms with Gasteiger partial charge < -0.3 is 5.32 Å². The molecule has 0 fully saturated rings. The van der Waals surface area contributed by atoms with Gasteiger partial charge in [0, 0.05) is 23.9 Å². The molecule has 5 nitrogen and oxygen atoms in total. The van der Waals surface area contributed by atoms with Gasteiger partial charge in [0.25, 0.3) is 5.91 Å². The minimum absolute atomic E-state index is 0.0681. The lowest BCUT2D eigenvalue weighted by molar-refractivity contribution is -0.121. The summed E-state index contributed by atoms with van der Waals surface area (Å²) in [5.41, 5.74) is 1.50. The van der Waals surface area contributed by atoms with Crippen LogP contribution < -0.4 is 5.32 Å². The number of carbonyl (C=O) groups is 2. The molecule has 0 saturated heterocycles. The number of benzene rings is 1. The molecule has 1 atom stereocenters. The zero-order valence-electron chi connectivity index (χ0n) is 12.8. The van der Waals surface area contributed by atoms with E-state index in [4.69, 9.17) is 11.6 Å². The molecular weight excluding hydrogens is 366 g/mol. The fourth-order valence-electron chi connectivity index (χ4n) is 2.19. The van der Waals surface area contributed by atoms with Crippen LogP contribution in [0.15, 0.2) is 34.6 Å². The third-order valence-electron chi connectivity index (χ3n) is 3.28. The number of halogens is 1. The van der Waals surface area contributed by atoms with Gasteiger partial charge in [-0.2, -0.15) is 0 Å². The average Bonchev–Trinajstić information content (AvgIpc) is 3.08. The predicted octanol–water partition coefficient (Wildman–Crippen LogP) is 3.72. The van der Waals surface area contributed by atoms with Crippen LogP contribution in [0.5, 0.6) is 0 Å². The highest BCUT2D eigenvalue weighted by Gasteiger charge is 2.30. The van der Waals surface area contributed by atoms with Gasteiger partial charge in [0.05, 0.1) is 20.8 Å². The number of rotatable bonds is 5. The molecule has 0 unspecified atom stereocenters. The molecule has 1 N–H and O–H groups in total. The molecule has 3 rings (SSSR count). The number of hydrogen-bond donors (Lipinski definition) is 1. The fraction of sp³-hybridized carbons (Fsp3) is 0.250. The van der Waals surface area contributed by atoms with Crippen molar-refractivity contribution in [3.05, 3.63) is 45.4 Å². The second kappa shape index (κ2) is 7.46. The third kappa shape index (κ3) is 4.23. The number of anilines is 1. The summed E-state index contributed by atoms with van der Waals surface area (Å²) in [6.45, 7) is 1.93. The number of aliphatic imine (C=N–C) groups is 1. The zero-order chi connectivity index (χ0) is 17.1. The van der Waals surface area contributed by atoms with Crippen molar-refractivity contribution in [3.8, 4) is 0 Å². The van der Waals surface area contributed by atoms with E-state index in [0.717, 1.165) is 10.7 Å². The summed E-state index contributed by atoms with van der Waals surface area (Å²) in [5, 5.41) is 6.31.